The first kappa shape index (κ1) is 21.2. The molecule has 2 aromatic carbocycles. The van der Waals surface area contributed by atoms with Crippen molar-refractivity contribution in [3.63, 3.8) is 0 Å². The summed E-state index contributed by atoms with van der Waals surface area (Å²) in [5, 5.41) is 2.95. The molecule has 1 atom stereocenters. The van der Waals surface area contributed by atoms with Crippen molar-refractivity contribution in [1.29, 1.82) is 0 Å². The molecule has 0 aliphatic heterocycles. The number of nitrogens with two attached hydrogens (primary N) is 1. The number of rotatable bonds is 9. The van der Waals surface area contributed by atoms with Gasteiger partial charge >= 0.3 is 0 Å². The van der Waals surface area contributed by atoms with Crippen molar-refractivity contribution in [1.82, 2.24) is 5.32 Å². The molecule has 0 spiro atoms. The number of halogens is 1. The van der Waals surface area contributed by atoms with Crippen LogP contribution in [-0.4, -0.2) is 11.9 Å². The standard InChI is InChI=1S/C20H26N2O2.ClH/c1-16(21)11-12-20(23)22-13-18-9-5-6-10-19(18)15-24-14-17-7-3-2-4-8-17;/h2-10,16H,11-15,21H2,1H3,(H,22,23);1H. The first-order valence-corrected chi connectivity index (χ1v) is 8.36. The zero-order chi connectivity index (χ0) is 17.2. The Morgan fingerprint density at radius 2 is 1.68 bits per heavy atom. The molecule has 0 aliphatic rings. The van der Waals surface area contributed by atoms with Crippen LogP contribution in [0.1, 0.15) is 36.5 Å². The summed E-state index contributed by atoms with van der Waals surface area (Å²) < 4.78 is 5.80. The minimum Gasteiger partial charge on any atom is -0.372 e. The number of ether oxygens (including phenoxy) is 1. The molecule has 2 rings (SSSR count). The van der Waals surface area contributed by atoms with Crippen molar-refractivity contribution in [2.24, 2.45) is 5.73 Å². The van der Waals surface area contributed by atoms with Crippen molar-refractivity contribution in [3.8, 4) is 0 Å². The quantitative estimate of drug-likeness (QED) is 0.716. The van der Waals surface area contributed by atoms with Gasteiger partial charge in [0.25, 0.3) is 0 Å². The molecule has 0 aromatic heterocycles. The van der Waals surface area contributed by atoms with Gasteiger partial charge < -0.3 is 15.8 Å². The van der Waals surface area contributed by atoms with Gasteiger partial charge in [0.05, 0.1) is 13.2 Å². The Hall–Kier alpha value is -1.88. The minimum atomic E-state index is 0. The Morgan fingerprint density at radius 3 is 2.36 bits per heavy atom. The van der Waals surface area contributed by atoms with E-state index in [0.29, 0.717) is 32.6 Å². The van der Waals surface area contributed by atoms with Crippen LogP contribution in [-0.2, 0) is 29.3 Å². The van der Waals surface area contributed by atoms with Crippen molar-refractivity contribution in [3.05, 3.63) is 71.3 Å². The summed E-state index contributed by atoms with van der Waals surface area (Å²) >= 11 is 0. The molecule has 1 unspecified atom stereocenters. The van der Waals surface area contributed by atoms with Crippen molar-refractivity contribution in [2.45, 2.75) is 45.6 Å². The molecule has 0 fully saturated rings. The lowest BCUT2D eigenvalue weighted by atomic mass is 10.1. The van der Waals surface area contributed by atoms with Gasteiger partial charge in [0, 0.05) is 19.0 Å². The van der Waals surface area contributed by atoms with Gasteiger partial charge in [-0.05, 0) is 30.0 Å². The van der Waals surface area contributed by atoms with E-state index in [0.717, 1.165) is 16.7 Å². The lowest BCUT2D eigenvalue weighted by Gasteiger charge is -2.12. The van der Waals surface area contributed by atoms with E-state index in [1.165, 1.54) is 0 Å². The second-order valence-corrected chi connectivity index (χ2v) is 6.04. The third-order valence-electron chi connectivity index (χ3n) is 3.79. The first-order valence-electron chi connectivity index (χ1n) is 8.36. The van der Waals surface area contributed by atoms with Crippen LogP contribution >= 0.6 is 12.4 Å². The fourth-order valence-electron chi connectivity index (χ4n) is 2.36. The van der Waals surface area contributed by atoms with Crippen molar-refractivity contribution < 1.29 is 9.53 Å². The second kappa shape index (κ2) is 11.6. The molecule has 0 aliphatic carbocycles. The summed E-state index contributed by atoms with van der Waals surface area (Å²) in [4.78, 5) is 11.8. The third-order valence-corrected chi connectivity index (χ3v) is 3.79. The molecule has 0 radical (unpaired) electrons. The summed E-state index contributed by atoms with van der Waals surface area (Å²) in [5.74, 6) is 0.0345. The lowest BCUT2D eigenvalue weighted by molar-refractivity contribution is -0.121. The van der Waals surface area contributed by atoms with Gasteiger partial charge in [-0.2, -0.15) is 0 Å². The van der Waals surface area contributed by atoms with Gasteiger partial charge in [-0.25, -0.2) is 0 Å². The number of carbonyl (C=O) groups is 1. The highest BCUT2D eigenvalue weighted by molar-refractivity contribution is 5.85. The number of nitrogens with one attached hydrogen (secondary N) is 1. The van der Waals surface area contributed by atoms with E-state index in [-0.39, 0.29) is 24.4 Å². The summed E-state index contributed by atoms with van der Waals surface area (Å²) in [7, 11) is 0. The number of benzene rings is 2. The van der Waals surface area contributed by atoms with Gasteiger partial charge in [-0.15, -0.1) is 12.4 Å². The van der Waals surface area contributed by atoms with Crippen LogP contribution in [0.25, 0.3) is 0 Å². The highest BCUT2D eigenvalue weighted by atomic mass is 35.5. The predicted molar refractivity (Wildman–Crippen MR) is 103 cm³/mol. The Balaban J connectivity index is 0.00000312. The Morgan fingerprint density at radius 1 is 1.04 bits per heavy atom. The molecule has 0 saturated carbocycles. The molecule has 0 saturated heterocycles. The molecule has 25 heavy (non-hydrogen) atoms. The lowest BCUT2D eigenvalue weighted by Crippen LogP contribution is -2.25. The summed E-state index contributed by atoms with van der Waals surface area (Å²) in [6.07, 6.45) is 1.16. The van der Waals surface area contributed by atoms with E-state index in [1.807, 2.05) is 61.5 Å². The molecule has 2 aromatic rings. The SMILES string of the molecule is CC(N)CCC(=O)NCc1ccccc1COCc1ccccc1.Cl. The maximum absolute atomic E-state index is 11.8. The molecule has 1 amide bonds. The Labute approximate surface area is 156 Å². The zero-order valence-electron chi connectivity index (χ0n) is 14.6. The molecular weight excluding hydrogens is 336 g/mol. The summed E-state index contributed by atoms with van der Waals surface area (Å²) in [6.45, 7) is 3.53. The molecule has 5 heteroatoms. The smallest absolute Gasteiger partial charge is 0.220 e. The maximum atomic E-state index is 11.8. The molecule has 0 bridgehead atoms. The number of hydrogen-bond acceptors (Lipinski definition) is 3. The molecule has 4 nitrogen and oxygen atoms in total. The van der Waals surface area contributed by atoms with E-state index in [1.54, 1.807) is 0 Å². The highest BCUT2D eigenvalue weighted by Gasteiger charge is 2.06. The van der Waals surface area contributed by atoms with Crippen LogP contribution in [0.15, 0.2) is 54.6 Å². The zero-order valence-corrected chi connectivity index (χ0v) is 15.4. The molecule has 3 N–H and O–H groups in total. The normalized spacial score (nSPS) is 11.4. The minimum absolute atomic E-state index is 0. The van der Waals surface area contributed by atoms with Crippen LogP contribution in [0.4, 0.5) is 0 Å². The van der Waals surface area contributed by atoms with Crippen LogP contribution in [0.3, 0.4) is 0 Å². The van der Waals surface area contributed by atoms with Crippen LogP contribution in [0.5, 0.6) is 0 Å². The monoisotopic (exact) mass is 362 g/mol. The number of carbonyl (C=O) groups excluding carboxylic acids is 1. The van der Waals surface area contributed by atoms with E-state index >= 15 is 0 Å². The topological polar surface area (TPSA) is 64.4 Å². The maximum Gasteiger partial charge on any atom is 0.220 e. The predicted octanol–water partition coefficient (Wildman–Crippen LogP) is 3.57. The van der Waals surface area contributed by atoms with Gasteiger partial charge in [-0.1, -0.05) is 54.6 Å². The average molecular weight is 363 g/mol. The third kappa shape index (κ3) is 8.16. The Kier molecular flexibility index (Phi) is 9.85. The number of hydrogen-bond donors (Lipinski definition) is 2. The van der Waals surface area contributed by atoms with Crippen LogP contribution in [0.2, 0.25) is 0 Å². The van der Waals surface area contributed by atoms with Gasteiger partial charge in [-0.3, -0.25) is 4.79 Å². The molecular formula is C20H27ClN2O2. The van der Waals surface area contributed by atoms with Gasteiger partial charge in [0.2, 0.25) is 5.91 Å². The largest absolute Gasteiger partial charge is 0.372 e. The fourth-order valence-corrected chi connectivity index (χ4v) is 2.36. The number of amides is 1. The highest BCUT2D eigenvalue weighted by Crippen LogP contribution is 2.12. The van der Waals surface area contributed by atoms with Gasteiger partial charge in [0.1, 0.15) is 0 Å². The molecule has 136 valence electrons. The van der Waals surface area contributed by atoms with E-state index in [9.17, 15) is 4.79 Å². The van der Waals surface area contributed by atoms with Crippen molar-refractivity contribution >= 4 is 18.3 Å². The Bertz CT molecular complexity index is 633. The fraction of sp³-hybridized carbons (Fsp3) is 0.350. The van der Waals surface area contributed by atoms with Crippen LogP contribution in [0, 0.1) is 0 Å². The van der Waals surface area contributed by atoms with Crippen molar-refractivity contribution in [2.75, 3.05) is 0 Å². The average Bonchev–Trinajstić information content (AvgIpc) is 2.60. The second-order valence-electron chi connectivity index (χ2n) is 6.04. The van der Waals surface area contributed by atoms with Crippen LogP contribution < -0.4 is 11.1 Å². The summed E-state index contributed by atoms with van der Waals surface area (Å²) in [6, 6.07) is 18.2. The first-order chi connectivity index (χ1) is 11.6. The summed E-state index contributed by atoms with van der Waals surface area (Å²) in [5.41, 5.74) is 9.01. The molecule has 0 heterocycles. The van der Waals surface area contributed by atoms with E-state index < -0.39 is 0 Å². The van der Waals surface area contributed by atoms with E-state index in [2.05, 4.69) is 5.32 Å². The van der Waals surface area contributed by atoms with E-state index in [4.69, 9.17) is 10.5 Å². The van der Waals surface area contributed by atoms with Gasteiger partial charge in [0.15, 0.2) is 0 Å².